The number of alkyl halides is 3. The third kappa shape index (κ3) is 5.89. The van der Waals surface area contributed by atoms with Gasteiger partial charge in [0.25, 0.3) is 0 Å². The number of hydrogen-bond donors (Lipinski definition) is 1. The van der Waals surface area contributed by atoms with E-state index in [0.29, 0.717) is 13.0 Å². The Balaban J connectivity index is 4.56. The van der Waals surface area contributed by atoms with Crippen molar-refractivity contribution in [3.8, 4) is 6.07 Å². The summed E-state index contributed by atoms with van der Waals surface area (Å²) in [6, 6.07) is 1.78. The van der Waals surface area contributed by atoms with Crippen LogP contribution in [0.5, 0.6) is 0 Å². The number of rotatable bonds is 6. The fourth-order valence-electron chi connectivity index (χ4n) is 1.73. The summed E-state index contributed by atoms with van der Waals surface area (Å²) in [7, 11) is 1.63. The highest BCUT2D eigenvalue weighted by atomic mass is 19.4. The third-order valence-corrected chi connectivity index (χ3v) is 2.91. The quantitative estimate of drug-likeness (QED) is 0.786. The first-order chi connectivity index (χ1) is 7.67. The third-order valence-electron chi connectivity index (χ3n) is 2.91. The lowest BCUT2D eigenvalue weighted by atomic mass is 9.94. The van der Waals surface area contributed by atoms with Gasteiger partial charge in [-0.3, -0.25) is 4.90 Å². The van der Waals surface area contributed by atoms with E-state index in [1.807, 2.05) is 0 Å². The van der Waals surface area contributed by atoms with Gasteiger partial charge in [-0.2, -0.15) is 18.4 Å². The van der Waals surface area contributed by atoms with Crippen molar-refractivity contribution in [3.05, 3.63) is 0 Å². The van der Waals surface area contributed by atoms with Crippen LogP contribution in [0.4, 0.5) is 13.2 Å². The van der Waals surface area contributed by atoms with Crippen molar-refractivity contribution in [3.63, 3.8) is 0 Å². The first kappa shape index (κ1) is 16.2. The van der Waals surface area contributed by atoms with Crippen LogP contribution in [0, 0.1) is 11.3 Å². The van der Waals surface area contributed by atoms with Gasteiger partial charge in [0.05, 0.1) is 12.6 Å². The van der Waals surface area contributed by atoms with Crippen molar-refractivity contribution in [2.45, 2.75) is 44.9 Å². The molecule has 0 aliphatic heterocycles. The van der Waals surface area contributed by atoms with E-state index in [2.05, 4.69) is 11.4 Å². The lowest BCUT2D eigenvalue weighted by Gasteiger charge is -2.33. The van der Waals surface area contributed by atoms with Gasteiger partial charge in [-0.25, -0.2) is 0 Å². The summed E-state index contributed by atoms with van der Waals surface area (Å²) in [5.74, 6) is 0. The summed E-state index contributed by atoms with van der Waals surface area (Å²) >= 11 is 0. The predicted molar refractivity (Wildman–Crippen MR) is 60.5 cm³/mol. The van der Waals surface area contributed by atoms with Gasteiger partial charge < -0.3 is 5.32 Å². The van der Waals surface area contributed by atoms with Gasteiger partial charge in [-0.05, 0) is 33.9 Å². The van der Waals surface area contributed by atoms with E-state index in [0.717, 1.165) is 0 Å². The molecule has 2 atom stereocenters. The average Bonchev–Trinajstić information content (AvgIpc) is 2.24. The van der Waals surface area contributed by atoms with Gasteiger partial charge in [0.1, 0.15) is 5.54 Å². The molecule has 0 aromatic rings. The Labute approximate surface area is 101 Å². The van der Waals surface area contributed by atoms with Crippen LogP contribution < -0.4 is 5.32 Å². The maximum absolute atomic E-state index is 12.3. The van der Waals surface area contributed by atoms with Gasteiger partial charge in [-0.15, -0.1) is 0 Å². The van der Waals surface area contributed by atoms with Crippen LogP contribution in [0.1, 0.15) is 27.2 Å². The Kier molecular flexibility index (Phi) is 5.93. The standard InChI is InChI=1S/C11H20F3N3/c1-5-17(8-11(12,13)14)9(2)6-10(3,7-15)16-4/h9,16H,5-6,8H2,1-4H3. The second kappa shape index (κ2) is 6.22. The molecule has 0 saturated carbocycles. The van der Waals surface area contributed by atoms with Crippen LogP contribution in [0.15, 0.2) is 0 Å². The average molecular weight is 251 g/mol. The second-order valence-corrected chi connectivity index (χ2v) is 4.43. The van der Waals surface area contributed by atoms with Crippen molar-refractivity contribution in [2.75, 3.05) is 20.1 Å². The molecule has 6 heteroatoms. The zero-order valence-corrected chi connectivity index (χ0v) is 10.7. The molecule has 0 amide bonds. The van der Waals surface area contributed by atoms with Crippen molar-refractivity contribution >= 4 is 0 Å². The van der Waals surface area contributed by atoms with E-state index >= 15 is 0 Å². The topological polar surface area (TPSA) is 39.1 Å². The first-order valence-corrected chi connectivity index (χ1v) is 5.58. The molecular weight excluding hydrogens is 231 g/mol. The highest BCUT2D eigenvalue weighted by Crippen LogP contribution is 2.21. The van der Waals surface area contributed by atoms with Crippen LogP contribution >= 0.6 is 0 Å². The minimum atomic E-state index is -4.20. The number of halogens is 3. The summed E-state index contributed by atoms with van der Waals surface area (Å²) in [5.41, 5.74) is -0.793. The molecule has 100 valence electrons. The van der Waals surface area contributed by atoms with E-state index in [4.69, 9.17) is 5.26 Å². The van der Waals surface area contributed by atoms with Gasteiger partial charge in [0, 0.05) is 6.04 Å². The van der Waals surface area contributed by atoms with Crippen LogP contribution in [0.2, 0.25) is 0 Å². The minimum Gasteiger partial charge on any atom is -0.303 e. The largest absolute Gasteiger partial charge is 0.401 e. The number of nitrogens with one attached hydrogen (secondary N) is 1. The van der Waals surface area contributed by atoms with Crippen LogP contribution in [-0.2, 0) is 0 Å². The lowest BCUT2D eigenvalue weighted by molar-refractivity contribution is -0.150. The Hall–Kier alpha value is -0.800. The van der Waals surface area contributed by atoms with Gasteiger partial charge in [0.15, 0.2) is 0 Å². The SMILES string of the molecule is CCN(CC(F)(F)F)C(C)CC(C)(C#N)NC. The molecule has 0 aliphatic rings. The lowest BCUT2D eigenvalue weighted by Crippen LogP contribution is -2.47. The molecule has 2 unspecified atom stereocenters. The Morgan fingerprint density at radius 2 is 1.94 bits per heavy atom. The maximum atomic E-state index is 12.3. The number of nitriles is 1. The summed E-state index contributed by atoms with van der Waals surface area (Å²) in [6.45, 7) is 4.46. The Bertz CT molecular complexity index is 272. The minimum absolute atomic E-state index is 0.307. The van der Waals surface area contributed by atoms with E-state index in [1.165, 1.54) is 4.90 Å². The maximum Gasteiger partial charge on any atom is 0.401 e. The fourth-order valence-corrected chi connectivity index (χ4v) is 1.73. The van der Waals surface area contributed by atoms with Crippen LogP contribution in [-0.4, -0.2) is 42.8 Å². The van der Waals surface area contributed by atoms with Crippen molar-refractivity contribution in [1.29, 1.82) is 5.26 Å². The van der Waals surface area contributed by atoms with Crippen LogP contribution in [0.25, 0.3) is 0 Å². The predicted octanol–water partition coefficient (Wildman–Crippen LogP) is 2.15. The summed E-state index contributed by atoms with van der Waals surface area (Å²) in [4.78, 5) is 1.33. The molecule has 3 nitrogen and oxygen atoms in total. The van der Waals surface area contributed by atoms with E-state index < -0.39 is 18.3 Å². The highest BCUT2D eigenvalue weighted by Gasteiger charge is 2.34. The summed E-state index contributed by atoms with van der Waals surface area (Å²) < 4.78 is 37.0. The molecular formula is C11H20F3N3. The van der Waals surface area contributed by atoms with Crippen molar-refractivity contribution in [2.24, 2.45) is 0 Å². The van der Waals surface area contributed by atoms with Gasteiger partial charge in [0.2, 0.25) is 0 Å². The molecule has 17 heavy (non-hydrogen) atoms. The summed E-state index contributed by atoms with van der Waals surface area (Å²) in [5, 5.41) is 11.8. The highest BCUT2D eigenvalue weighted by molar-refractivity contribution is 5.04. The zero-order chi connectivity index (χ0) is 13.7. The monoisotopic (exact) mass is 251 g/mol. The molecule has 0 radical (unpaired) electrons. The molecule has 0 aromatic heterocycles. The fraction of sp³-hybridized carbons (Fsp3) is 0.909. The molecule has 0 saturated heterocycles. The Morgan fingerprint density at radius 3 is 2.24 bits per heavy atom. The molecule has 0 spiro atoms. The molecule has 0 fully saturated rings. The van der Waals surface area contributed by atoms with E-state index in [-0.39, 0.29) is 6.04 Å². The molecule has 0 heterocycles. The summed E-state index contributed by atoms with van der Waals surface area (Å²) in [6.07, 6.45) is -3.85. The number of nitrogens with zero attached hydrogens (tertiary/aromatic N) is 2. The molecule has 0 bridgehead atoms. The molecule has 1 N–H and O–H groups in total. The van der Waals surface area contributed by atoms with Crippen LogP contribution in [0.3, 0.4) is 0 Å². The van der Waals surface area contributed by atoms with Crippen molar-refractivity contribution in [1.82, 2.24) is 10.2 Å². The van der Waals surface area contributed by atoms with Gasteiger partial charge >= 0.3 is 6.18 Å². The van der Waals surface area contributed by atoms with E-state index in [9.17, 15) is 13.2 Å². The normalized spacial score (nSPS) is 17.6. The smallest absolute Gasteiger partial charge is 0.303 e. The molecule has 0 rings (SSSR count). The first-order valence-electron chi connectivity index (χ1n) is 5.58. The molecule has 0 aliphatic carbocycles. The molecule has 0 aromatic carbocycles. The second-order valence-electron chi connectivity index (χ2n) is 4.43. The van der Waals surface area contributed by atoms with E-state index in [1.54, 1.807) is 27.8 Å². The Morgan fingerprint density at radius 1 is 1.41 bits per heavy atom. The van der Waals surface area contributed by atoms with Gasteiger partial charge in [-0.1, -0.05) is 6.92 Å². The van der Waals surface area contributed by atoms with Crippen molar-refractivity contribution < 1.29 is 13.2 Å². The number of hydrogen-bond acceptors (Lipinski definition) is 3. The zero-order valence-electron chi connectivity index (χ0n) is 10.7.